The Balaban J connectivity index is 4.05. The summed E-state index contributed by atoms with van der Waals surface area (Å²) in [5.41, 5.74) is 0. The van der Waals surface area contributed by atoms with Gasteiger partial charge >= 0.3 is 11.9 Å². The van der Waals surface area contributed by atoms with Crippen LogP contribution in [0.1, 0.15) is 0 Å². The molecule has 0 aromatic rings. The Kier molecular flexibility index (Phi) is 8.12. The van der Waals surface area contributed by atoms with E-state index in [4.69, 9.17) is 0 Å². The summed E-state index contributed by atoms with van der Waals surface area (Å²) in [4.78, 5) is 23.8. The molecular formula is C9H17NO4S. The normalized spacial score (nSPS) is 10.1. The van der Waals surface area contributed by atoms with Gasteiger partial charge < -0.3 is 9.47 Å². The van der Waals surface area contributed by atoms with Gasteiger partial charge in [0, 0.05) is 12.3 Å². The van der Waals surface area contributed by atoms with Gasteiger partial charge in [-0.15, -0.1) is 0 Å². The topological polar surface area (TPSA) is 55.8 Å². The van der Waals surface area contributed by atoms with Crippen molar-refractivity contribution >= 4 is 23.7 Å². The van der Waals surface area contributed by atoms with Gasteiger partial charge in [-0.3, -0.25) is 14.5 Å². The van der Waals surface area contributed by atoms with Crippen LogP contribution in [0.25, 0.3) is 0 Å². The van der Waals surface area contributed by atoms with Crippen molar-refractivity contribution in [2.24, 2.45) is 0 Å². The third kappa shape index (κ3) is 7.21. The Bertz CT molecular complexity index is 192. The standard InChI is InChI=1S/C9H17NO4S/c1-13-8(11)6-10(4-5-15-3)7-9(12)14-2/h4-7H2,1-3H3. The van der Waals surface area contributed by atoms with Crippen LogP contribution in [0, 0.1) is 0 Å². The Labute approximate surface area is 94.1 Å². The van der Waals surface area contributed by atoms with E-state index in [0.717, 1.165) is 5.75 Å². The molecule has 0 spiro atoms. The average molecular weight is 235 g/mol. The van der Waals surface area contributed by atoms with Crippen molar-refractivity contribution in [3.8, 4) is 0 Å². The summed E-state index contributed by atoms with van der Waals surface area (Å²) in [7, 11) is 2.65. The monoisotopic (exact) mass is 235 g/mol. The second-order valence-electron chi connectivity index (χ2n) is 2.86. The number of hydrogen-bond acceptors (Lipinski definition) is 6. The smallest absolute Gasteiger partial charge is 0.319 e. The molecule has 0 aliphatic heterocycles. The molecule has 5 nitrogen and oxygen atoms in total. The molecule has 15 heavy (non-hydrogen) atoms. The van der Waals surface area contributed by atoms with E-state index in [-0.39, 0.29) is 25.0 Å². The number of esters is 2. The highest BCUT2D eigenvalue weighted by atomic mass is 32.2. The summed E-state index contributed by atoms with van der Waals surface area (Å²) in [6.45, 7) is 0.893. The molecule has 0 heterocycles. The molecule has 0 bridgehead atoms. The summed E-state index contributed by atoms with van der Waals surface area (Å²) < 4.78 is 9.07. The van der Waals surface area contributed by atoms with Crippen LogP contribution in [0.2, 0.25) is 0 Å². The van der Waals surface area contributed by atoms with Crippen LogP contribution in [0.4, 0.5) is 0 Å². The zero-order chi connectivity index (χ0) is 11.7. The van der Waals surface area contributed by atoms with Gasteiger partial charge in [0.2, 0.25) is 0 Å². The second-order valence-corrected chi connectivity index (χ2v) is 3.84. The maximum absolute atomic E-state index is 11.0. The van der Waals surface area contributed by atoms with Crippen LogP contribution >= 0.6 is 11.8 Å². The number of nitrogens with zero attached hydrogens (tertiary/aromatic N) is 1. The Morgan fingerprint density at radius 3 is 1.93 bits per heavy atom. The fourth-order valence-corrected chi connectivity index (χ4v) is 1.37. The minimum Gasteiger partial charge on any atom is -0.468 e. The van der Waals surface area contributed by atoms with Crippen molar-refractivity contribution in [2.75, 3.05) is 45.9 Å². The zero-order valence-corrected chi connectivity index (χ0v) is 10.1. The third-order valence-corrected chi connectivity index (χ3v) is 2.36. The van der Waals surface area contributed by atoms with Gasteiger partial charge in [0.1, 0.15) is 0 Å². The van der Waals surface area contributed by atoms with Crippen molar-refractivity contribution in [1.29, 1.82) is 0 Å². The summed E-state index contributed by atoms with van der Waals surface area (Å²) in [6.07, 6.45) is 1.97. The van der Waals surface area contributed by atoms with Gasteiger partial charge in [-0.1, -0.05) is 0 Å². The van der Waals surface area contributed by atoms with Crippen LogP contribution < -0.4 is 0 Å². The van der Waals surface area contributed by atoms with E-state index in [0.29, 0.717) is 6.54 Å². The number of rotatable bonds is 7. The molecule has 0 saturated heterocycles. The highest BCUT2D eigenvalue weighted by Crippen LogP contribution is 1.97. The van der Waals surface area contributed by atoms with Crippen molar-refractivity contribution in [3.05, 3.63) is 0 Å². The van der Waals surface area contributed by atoms with Crippen molar-refractivity contribution < 1.29 is 19.1 Å². The van der Waals surface area contributed by atoms with Crippen LogP contribution in [0.3, 0.4) is 0 Å². The van der Waals surface area contributed by atoms with E-state index in [9.17, 15) is 9.59 Å². The fraction of sp³-hybridized carbons (Fsp3) is 0.778. The number of carbonyl (C=O) groups excluding carboxylic acids is 2. The molecule has 0 aromatic carbocycles. The minimum atomic E-state index is -0.347. The van der Waals surface area contributed by atoms with Crippen molar-refractivity contribution in [3.63, 3.8) is 0 Å². The number of carbonyl (C=O) groups is 2. The van der Waals surface area contributed by atoms with Crippen LogP contribution in [-0.4, -0.2) is 62.7 Å². The quantitative estimate of drug-likeness (QED) is 0.579. The zero-order valence-electron chi connectivity index (χ0n) is 9.32. The molecule has 0 saturated carbocycles. The first-order chi connectivity index (χ1) is 7.13. The number of ether oxygens (including phenoxy) is 2. The molecule has 0 atom stereocenters. The van der Waals surface area contributed by atoms with E-state index >= 15 is 0 Å². The molecule has 0 aliphatic rings. The minimum absolute atomic E-state index is 0.117. The van der Waals surface area contributed by atoms with E-state index in [2.05, 4.69) is 9.47 Å². The maximum Gasteiger partial charge on any atom is 0.319 e. The molecule has 0 rings (SSSR count). The Morgan fingerprint density at radius 1 is 1.13 bits per heavy atom. The molecule has 88 valence electrons. The number of methoxy groups -OCH3 is 2. The summed E-state index contributed by atoms with van der Waals surface area (Å²) in [5.74, 6) is 0.161. The largest absolute Gasteiger partial charge is 0.468 e. The van der Waals surface area contributed by atoms with Gasteiger partial charge in [-0.2, -0.15) is 11.8 Å². The first kappa shape index (κ1) is 14.2. The lowest BCUT2D eigenvalue weighted by Gasteiger charge is -2.18. The van der Waals surface area contributed by atoms with Crippen LogP contribution in [0.15, 0.2) is 0 Å². The first-order valence-corrected chi connectivity index (χ1v) is 5.88. The summed E-state index contributed by atoms with van der Waals surface area (Å²) in [6, 6.07) is 0. The molecular weight excluding hydrogens is 218 g/mol. The molecule has 0 fully saturated rings. The first-order valence-electron chi connectivity index (χ1n) is 4.49. The molecule has 6 heteroatoms. The van der Waals surface area contributed by atoms with E-state index in [1.54, 1.807) is 16.7 Å². The van der Waals surface area contributed by atoms with E-state index < -0.39 is 0 Å². The van der Waals surface area contributed by atoms with E-state index in [1.807, 2.05) is 6.26 Å². The van der Waals surface area contributed by atoms with Gasteiger partial charge in [-0.05, 0) is 6.26 Å². The lowest BCUT2D eigenvalue weighted by molar-refractivity contribution is -0.145. The molecule has 0 radical (unpaired) electrons. The number of hydrogen-bond donors (Lipinski definition) is 0. The van der Waals surface area contributed by atoms with Crippen molar-refractivity contribution in [1.82, 2.24) is 4.90 Å². The third-order valence-electron chi connectivity index (χ3n) is 1.77. The maximum atomic E-state index is 11.0. The molecule has 0 amide bonds. The van der Waals surface area contributed by atoms with Crippen LogP contribution in [0.5, 0.6) is 0 Å². The summed E-state index contributed by atoms with van der Waals surface area (Å²) in [5, 5.41) is 0. The SMILES string of the molecule is COC(=O)CN(CCSC)CC(=O)OC. The molecule has 0 aliphatic carbocycles. The lowest BCUT2D eigenvalue weighted by atomic mass is 10.4. The highest BCUT2D eigenvalue weighted by Gasteiger charge is 2.14. The average Bonchev–Trinajstić information content (AvgIpc) is 2.25. The van der Waals surface area contributed by atoms with Gasteiger partial charge in [0.15, 0.2) is 0 Å². The van der Waals surface area contributed by atoms with E-state index in [1.165, 1.54) is 14.2 Å². The van der Waals surface area contributed by atoms with Gasteiger partial charge in [0.05, 0.1) is 27.3 Å². The Morgan fingerprint density at radius 2 is 1.60 bits per heavy atom. The Hall–Kier alpha value is -0.750. The predicted molar refractivity (Wildman–Crippen MR) is 58.9 cm³/mol. The molecule has 0 unspecified atom stereocenters. The second kappa shape index (κ2) is 8.55. The molecule has 0 aromatic heterocycles. The van der Waals surface area contributed by atoms with Gasteiger partial charge in [-0.25, -0.2) is 0 Å². The van der Waals surface area contributed by atoms with Gasteiger partial charge in [0.25, 0.3) is 0 Å². The van der Waals surface area contributed by atoms with Crippen molar-refractivity contribution in [2.45, 2.75) is 0 Å². The number of thioether (sulfide) groups is 1. The summed E-state index contributed by atoms with van der Waals surface area (Å²) >= 11 is 1.65. The van der Waals surface area contributed by atoms with Crippen LogP contribution in [-0.2, 0) is 19.1 Å². The fourth-order valence-electron chi connectivity index (χ4n) is 0.929. The predicted octanol–water partition coefficient (Wildman–Crippen LogP) is -0.00260. The molecule has 0 N–H and O–H groups in total. The lowest BCUT2D eigenvalue weighted by Crippen LogP contribution is -2.37. The highest BCUT2D eigenvalue weighted by molar-refractivity contribution is 7.98.